The number of cyclic esters (lactones) is 1. The first-order valence-corrected chi connectivity index (χ1v) is 12.5. The van der Waals surface area contributed by atoms with Gasteiger partial charge in [0.2, 0.25) is 0 Å². The number of hydrogen-bond acceptors (Lipinski definition) is 5. The Morgan fingerprint density at radius 1 is 1.06 bits per heavy atom. The van der Waals surface area contributed by atoms with Gasteiger partial charge in [-0.15, -0.1) is 0 Å². The van der Waals surface area contributed by atoms with E-state index in [1.165, 1.54) is 0 Å². The third-order valence-corrected chi connectivity index (χ3v) is 8.59. The van der Waals surface area contributed by atoms with E-state index in [4.69, 9.17) is 4.74 Å². The first-order valence-electron chi connectivity index (χ1n) is 10.8. The number of aliphatic hydroxyl groups is 1. The molecule has 0 radical (unpaired) electrons. The van der Waals surface area contributed by atoms with Crippen molar-refractivity contribution in [3.05, 3.63) is 70.0 Å². The van der Waals surface area contributed by atoms with Gasteiger partial charge < -0.3 is 9.84 Å². The predicted molar refractivity (Wildman–Crippen MR) is 120 cm³/mol. The first kappa shape index (κ1) is 24.3. The summed E-state index contributed by atoms with van der Waals surface area (Å²) in [4.78, 5) is 12.7. The highest BCUT2D eigenvalue weighted by Gasteiger charge is 2.56. The van der Waals surface area contributed by atoms with Gasteiger partial charge in [0.1, 0.15) is 17.4 Å². The second kappa shape index (κ2) is 8.15. The molecule has 1 aliphatic carbocycles. The molecule has 182 valence electrons. The number of carbonyl (C=O) groups excluding carboxylic acids is 1. The van der Waals surface area contributed by atoms with Crippen LogP contribution in [0.15, 0.2) is 47.1 Å². The Balaban J connectivity index is 1.59. The molecule has 0 amide bonds. The van der Waals surface area contributed by atoms with Crippen LogP contribution in [0.5, 0.6) is 0 Å². The number of aryl methyl sites for hydroxylation is 3. The van der Waals surface area contributed by atoms with Crippen LogP contribution in [0.25, 0.3) is 5.57 Å². The van der Waals surface area contributed by atoms with Crippen molar-refractivity contribution >= 4 is 21.4 Å². The minimum absolute atomic E-state index is 0.0175. The fraction of sp³-hybridized carbons (Fsp3) is 0.400. The summed E-state index contributed by atoms with van der Waals surface area (Å²) >= 11 is 0. The van der Waals surface area contributed by atoms with Crippen LogP contribution in [0.1, 0.15) is 47.1 Å². The highest BCUT2D eigenvalue weighted by Crippen LogP contribution is 2.54. The molecule has 2 aliphatic rings. The number of alkyl halides is 3. The molecule has 5 nitrogen and oxygen atoms in total. The Kier molecular flexibility index (Phi) is 5.83. The van der Waals surface area contributed by atoms with Crippen molar-refractivity contribution in [2.24, 2.45) is 5.41 Å². The van der Waals surface area contributed by atoms with E-state index in [0.717, 1.165) is 41.0 Å². The summed E-state index contributed by atoms with van der Waals surface area (Å²) in [5.41, 5.74) is 1.54. The van der Waals surface area contributed by atoms with Gasteiger partial charge >= 0.3 is 12.1 Å². The van der Waals surface area contributed by atoms with Crippen LogP contribution in [0.3, 0.4) is 0 Å². The molecule has 0 aromatic heterocycles. The van der Waals surface area contributed by atoms with Crippen LogP contribution in [0.4, 0.5) is 13.2 Å². The summed E-state index contributed by atoms with van der Waals surface area (Å²) in [5, 5.41) is 10.8. The molecule has 9 heteroatoms. The SMILES string of the molecule is Cc1cc(C)c(C2=C(O)CC(C3(CS(=O)(=O)c4ccc(C(F)(F)F)cc4)CC3)OC2=O)c(C)c1. The van der Waals surface area contributed by atoms with E-state index in [1.54, 1.807) is 0 Å². The zero-order valence-corrected chi connectivity index (χ0v) is 19.8. The number of hydrogen-bond donors (Lipinski definition) is 1. The summed E-state index contributed by atoms with van der Waals surface area (Å²) in [6, 6.07) is 7.17. The molecule has 1 N–H and O–H groups in total. The molecule has 2 aromatic carbocycles. The van der Waals surface area contributed by atoms with Crippen LogP contribution in [0.2, 0.25) is 0 Å². The molecule has 1 saturated carbocycles. The largest absolute Gasteiger partial charge is 0.511 e. The van der Waals surface area contributed by atoms with Crippen LogP contribution in [0, 0.1) is 26.2 Å². The summed E-state index contributed by atoms with van der Waals surface area (Å²) in [7, 11) is -3.94. The molecule has 0 spiro atoms. The molecule has 4 rings (SSSR count). The standard InChI is InChI=1S/C25H25F3O5S/c1-14-10-15(2)21(16(3)11-14)22-19(29)12-20(33-23(22)30)24(8-9-24)13-34(31,32)18-6-4-17(5-7-18)25(26,27)28/h4-7,10-11,20,29H,8-9,12-13H2,1-3H3. The Hall–Kier alpha value is -2.81. The van der Waals surface area contributed by atoms with Crippen LogP contribution in [-0.2, 0) is 25.5 Å². The van der Waals surface area contributed by atoms with Gasteiger partial charge in [-0.3, -0.25) is 0 Å². The van der Waals surface area contributed by atoms with Gasteiger partial charge in [-0.05, 0) is 74.6 Å². The van der Waals surface area contributed by atoms with E-state index in [1.807, 2.05) is 32.9 Å². The van der Waals surface area contributed by atoms with Gasteiger partial charge in [0.25, 0.3) is 0 Å². The van der Waals surface area contributed by atoms with Crippen molar-refractivity contribution in [1.29, 1.82) is 0 Å². The van der Waals surface area contributed by atoms with Crippen LogP contribution in [-0.4, -0.2) is 31.4 Å². The van der Waals surface area contributed by atoms with Crippen molar-refractivity contribution in [3.63, 3.8) is 0 Å². The number of esters is 1. The smallest absolute Gasteiger partial charge is 0.416 e. The van der Waals surface area contributed by atoms with E-state index < -0.39 is 39.1 Å². The molecule has 0 bridgehead atoms. The number of rotatable bonds is 5. The summed E-state index contributed by atoms with van der Waals surface area (Å²) in [5.74, 6) is -1.23. The van der Waals surface area contributed by atoms with Gasteiger partial charge in [-0.2, -0.15) is 13.2 Å². The first-order chi connectivity index (χ1) is 15.7. The third-order valence-electron chi connectivity index (χ3n) is 6.64. The predicted octanol–water partition coefficient (Wildman–Crippen LogP) is 5.47. The van der Waals surface area contributed by atoms with E-state index in [0.29, 0.717) is 18.4 Å². The summed E-state index contributed by atoms with van der Waals surface area (Å²) in [6.45, 7) is 5.61. The minimum atomic E-state index is -4.56. The third kappa shape index (κ3) is 4.45. The van der Waals surface area contributed by atoms with Gasteiger partial charge in [0.15, 0.2) is 9.84 Å². The average Bonchev–Trinajstić information content (AvgIpc) is 3.48. The topological polar surface area (TPSA) is 80.7 Å². The number of sulfone groups is 1. The van der Waals surface area contributed by atoms with Crippen molar-refractivity contribution in [2.75, 3.05) is 5.75 Å². The van der Waals surface area contributed by atoms with Gasteiger partial charge in [-0.1, -0.05) is 17.7 Å². The summed E-state index contributed by atoms with van der Waals surface area (Å²) < 4.78 is 70.0. The quantitative estimate of drug-likeness (QED) is 0.558. The maximum absolute atomic E-state index is 13.0. The van der Waals surface area contributed by atoms with E-state index in [2.05, 4.69) is 0 Å². The molecule has 34 heavy (non-hydrogen) atoms. The number of carbonyl (C=O) groups is 1. The highest BCUT2D eigenvalue weighted by atomic mass is 32.2. The Bertz CT molecular complexity index is 1260. The lowest BCUT2D eigenvalue weighted by molar-refractivity contribution is -0.147. The number of aliphatic hydroxyl groups excluding tert-OH is 1. The molecule has 1 fully saturated rings. The number of halogens is 3. The number of benzene rings is 2. The molecule has 1 atom stereocenters. The lowest BCUT2D eigenvalue weighted by Crippen LogP contribution is -2.37. The molecule has 2 aromatic rings. The second-order valence-electron chi connectivity index (χ2n) is 9.34. The number of ether oxygens (including phenoxy) is 1. The van der Waals surface area contributed by atoms with Gasteiger partial charge in [0, 0.05) is 11.8 Å². The molecule has 1 unspecified atom stereocenters. The van der Waals surface area contributed by atoms with E-state index >= 15 is 0 Å². The zero-order chi connectivity index (χ0) is 25.1. The fourth-order valence-corrected chi connectivity index (χ4v) is 6.77. The summed E-state index contributed by atoms with van der Waals surface area (Å²) in [6.07, 6.45) is -4.48. The van der Waals surface area contributed by atoms with Gasteiger partial charge in [-0.25, -0.2) is 13.2 Å². The molecule has 0 saturated heterocycles. The minimum Gasteiger partial charge on any atom is -0.511 e. The fourth-order valence-electron chi connectivity index (χ4n) is 4.82. The molecule has 1 heterocycles. The highest BCUT2D eigenvalue weighted by molar-refractivity contribution is 7.91. The van der Waals surface area contributed by atoms with E-state index in [-0.39, 0.29) is 28.4 Å². The maximum Gasteiger partial charge on any atom is 0.416 e. The molecule has 1 aliphatic heterocycles. The normalized spacial score (nSPS) is 20.3. The van der Waals surface area contributed by atoms with E-state index in [9.17, 15) is 31.5 Å². The molecular formula is C25H25F3O5S. The van der Waals surface area contributed by atoms with Crippen molar-refractivity contribution < 1.29 is 36.2 Å². The average molecular weight is 495 g/mol. The lowest BCUT2D eigenvalue weighted by atomic mass is 9.88. The monoisotopic (exact) mass is 494 g/mol. The van der Waals surface area contributed by atoms with Crippen molar-refractivity contribution in [3.8, 4) is 0 Å². The molecular weight excluding hydrogens is 469 g/mol. The van der Waals surface area contributed by atoms with Crippen molar-refractivity contribution in [1.82, 2.24) is 0 Å². The lowest BCUT2D eigenvalue weighted by Gasteiger charge is -2.31. The van der Waals surface area contributed by atoms with Crippen molar-refractivity contribution in [2.45, 2.75) is 57.2 Å². The Morgan fingerprint density at radius 3 is 2.09 bits per heavy atom. The maximum atomic E-state index is 13.0. The van der Waals surface area contributed by atoms with Crippen LogP contribution >= 0.6 is 0 Å². The van der Waals surface area contributed by atoms with Gasteiger partial charge in [0.05, 0.1) is 16.2 Å². The second-order valence-corrected chi connectivity index (χ2v) is 11.3. The zero-order valence-electron chi connectivity index (χ0n) is 19.0. The Labute approximate surface area is 196 Å². The van der Waals surface area contributed by atoms with Crippen LogP contribution < -0.4 is 0 Å². The Morgan fingerprint density at radius 2 is 1.62 bits per heavy atom.